The molecule has 5 N–H and O–H groups in total. The van der Waals surface area contributed by atoms with Crippen LogP contribution in [0, 0.1) is 13.8 Å². The molecule has 4 aliphatic rings. The summed E-state index contributed by atoms with van der Waals surface area (Å²) in [6.45, 7) is 9.77. The van der Waals surface area contributed by atoms with Gasteiger partial charge in [-0.25, -0.2) is 14.2 Å². The molecule has 0 saturated carbocycles. The van der Waals surface area contributed by atoms with Crippen molar-refractivity contribution in [1.82, 2.24) is 19.6 Å². The Kier molecular flexibility index (Phi) is 13.0. The van der Waals surface area contributed by atoms with Gasteiger partial charge >= 0.3 is 19.9 Å². The number of urea groups is 1. The fourth-order valence-corrected chi connectivity index (χ4v) is 7.45. The first-order valence-corrected chi connectivity index (χ1v) is 19.1. The van der Waals surface area contributed by atoms with Crippen molar-refractivity contribution in [3.05, 3.63) is 58.7 Å². The normalized spacial score (nSPS) is 20.0. The molecule has 0 aromatic heterocycles. The number of rotatable bonds is 6. The summed E-state index contributed by atoms with van der Waals surface area (Å²) in [5, 5.41) is 13.4. The van der Waals surface area contributed by atoms with Crippen molar-refractivity contribution in [3.8, 4) is 5.75 Å². The van der Waals surface area contributed by atoms with Gasteiger partial charge < -0.3 is 49.3 Å². The highest BCUT2D eigenvalue weighted by molar-refractivity contribution is 7.45. The van der Waals surface area contributed by atoms with Crippen LogP contribution >= 0.6 is 7.82 Å². The number of aryl methyl sites for hydroxylation is 2. The van der Waals surface area contributed by atoms with E-state index in [0.29, 0.717) is 51.6 Å². The number of anilines is 1. The van der Waals surface area contributed by atoms with Crippen molar-refractivity contribution in [1.29, 1.82) is 0 Å². The molecule has 2 aromatic rings. The number of benzene rings is 2. The van der Waals surface area contributed by atoms with Gasteiger partial charge in [-0.2, -0.15) is 0 Å². The van der Waals surface area contributed by atoms with E-state index in [-0.39, 0.29) is 30.2 Å². The number of morpholine rings is 1. The van der Waals surface area contributed by atoms with Gasteiger partial charge in [-0.1, -0.05) is 30.3 Å². The van der Waals surface area contributed by atoms with Gasteiger partial charge in [0.15, 0.2) is 6.10 Å². The Labute approximate surface area is 298 Å². The Morgan fingerprint density at radius 3 is 2.10 bits per heavy atom. The standard InChI is InChI=1S/C35H47N5O6.H3O4P/c1-24-21-26(22-25(2)32(24)41)23-31(33(42)38-12-8-28(9-13-38)37-17-19-45-20-18-37)46-35(44)39-14-10-29(11-15-39)40-16-7-27-5-3-4-6-30(27)36-34(40)43;1-5(2,3)4/h3-6,21-22,28-29,31,41H,7-20,23H2,1-2H3,(H,36,43);(H3,1,2,3,4)/t31-;/m1./s1. The molecular weight excluding hydrogens is 681 g/mol. The Morgan fingerprint density at radius 1 is 0.902 bits per heavy atom. The van der Waals surface area contributed by atoms with E-state index in [0.717, 1.165) is 73.5 Å². The Balaban J connectivity index is 0.000000943. The van der Waals surface area contributed by atoms with Crippen molar-refractivity contribution in [3.63, 3.8) is 0 Å². The van der Waals surface area contributed by atoms with Gasteiger partial charge in [0.2, 0.25) is 0 Å². The zero-order valence-corrected chi connectivity index (χ0v) is 30.2. The number of carbonyl (C=O) groups is 3. The van der Waals surface area contributed by atoms with Crippen molar-refractivity contribution >= 4 is 31.5 Å². The van der Waals surface area contributed by atoms with Crippen LogP contribution in [0.15, 0.2) is 36.4 Å². The maximum Gasteiger partial charge on any atom is 0.466 e. The van der Waals surface area contributed by atoms with E-state index >= 15 is 0 Å². The van der Waals surface area contributed by atoms with Crippen LogP contribution in [0.3, 0.4) is 0 Å². The van der Waals surface area contributed by atoms with E-state index in [1.807, 2.05) is 60.0 Å². The average molecular weight is 732 g/mol. The number of ether oxygens (including phenoxy) is 2. The van der Waals surface area contributed by atoms with Crippen molar-refractivity contribution in [2.75, 3.05) is 64.3 Å². The quantitative estimate of drug-likeness (QED) is 0.275. The minimum Gasteiger partial charge on any atom is -0.507 e. The number of amides is 4. The fraction of sp³-hybridized carbons (Fsp3) is 0.571. The van der Waals surface area contributed by atoms with E-state index in [4.69, 9.17) is 28.7 Å². The number of phenolic OH excluding ortho intramolecular Hbond substituents is 1. The number of nitrogens with one attached hydrogen (secondary N) is 1. The summed E-state index contributed by atoms with van der Waals surface area (Å²) in [5.74, 6) is 0.0616. The van der Waals surface area contributed by atoms with Gasteiger partial charge in [-0.3, -0.25) is 9.69 Å². The van der Waals surface area contributed by atoms with Gasteiger partial charge in [0.25, 0.3) is 5.91 Å². The van der Waals surface area contributed by atoms with Gasteiger partial charge in [-0.15, -0.1) is 0 Å². The van der Waals surface area contributed by atoms with Crippen molar-refractivity contribution in [2.24, 2.45) is 0 Å². The lowest BCUT2D eigenvalue weighted by Crippen LogP contribution is -2.53. The molecule has 1 atom stereocenters. The molecule has 15 nitrogen and oxygen atoms in total. The van der Waals surface area contributed by atoms with Gasteiger partial charge in [0, 0.05) is 70.0 Å². The molecule has 4 aliphatic heterocycles. The zero-order chi connectivity index (χ0) is 36.7. The predicted molar refractivity (Wildman–Crippen MR) is 188 cm³/mol. The van der Waals surface area contributed by atoms with Crippen LogP contribution in [0.5, 0.6) is 5.75 Å². The predicted octanol–water partition coefficient (Wildman–Crippen LogP) is 3.01. The summed E-state index contributed by atoms with van der Waals surface area (Å²) < 4.78 is 20.4. The van der Waals surface area contributed by atoms with E-state index in [9.17, 15) is 19.5 Å². The third kappa shape index (κ3) is 10.7. The molecule has 51 heavy (non-hydrogen) atoms. The van der Waals surface area contributed by atoms with Crippen LogP contribution < -0.4 is 5.32 Å². The van der Waals surface area contributed by atoms with Crippen LogP contribution in [0.1, 0.15) is 47.9 Å². The summed E-state index contributed by atoms with van der Waals surface area (Å²) in [6, 6.07) is 11.9. The first-order chi connectivity index (χ1) is 24.3. The number of piperidine rings is 2. The second kappa shape index (κ2) is 17.2. The van der Waals surface area contributed by atoms with Gasteiger partial charge in [0.1, 0.15) is 5.75 Å². The third-order valence-corrected chi connectivity index (χ3v) is 10.1. The molecule has 16 heteroatoms. The molecule has 0 spiro atoms. The van der Waals surface area contributed by atoms with Gasteiger partial charge in [0.05, 0.1) is 13.2 Å². The number of carbonyl (C=O) groups excluding carboxylic acids is 3. The molecule has 280 valence electrons. The Hall–Kier alpha value is -3.72. The number of para-hydroxylation sites is 1. The highest BCUT2D eigenvalue weighted by atomic mass is 31.2. The molecular formula is C35H50N5O10P. The maximum atomic E-state index is 14.0. The largest absolute Gasteiger partial charge is 0.507 e. The third-order valence-electron chi connectivity index (χ3n) is 10.1. The summed E-state index contributed by atoms with van der Waals surface area (Å²) in [5.41, 5.74) is 4.27. The average Bonchev–Trinajstić information content (AvgIpc) is 3.27. The van der Waals surface area contributed by atoms with Crippen molar-refractivity contribution < 1.29 is 48.2 Å². The molecule has 3 saturated heterocycles. The molecule has 0 radical (unpaired) electrons. The SMILES string of the molecule is Cc1cc(C[C@@H](OC(=O)N2CCC(N3CCc4ccccc4NC3=O)CC2)C(=O)N2CCC(N3CCOCC3)CC2)cc(C)c1O.O=P(O)(O)O. The molecule has 4 amide bonds. The minimum atomic E-state index is -4.64. The fourth-order valence-electron chi connectivity index (χ4n) is 7.45. The summed E-state index contributed by atoms with van der Waals surface area (Å²) in [4.78, 5) is 70.0. The monoisotopic (exact) mass is 731 g/mol. The molecule has 3 fully saturated rings. The second-order valence-corrected chi connectivity index (χ2v) is 14.6. The lowest BCUT2D eigenvalue weighted by molar-refractivity contribution is -0.142. The van der Waals surface area contributed by atoms with Crippen LogP contribution in [-0.4, -0.2) is 135 Å². The van der Waals surface area contributed by atoms with Gasteiger partial charge in [-0.05, 0) is 74.3 Å². The molecule has 0 bridgehead atoms. The molecule has 2 aromatic carbocycles. The van der Waals surface area contributed by atoms with Crippen LogP contribution in [-0.2, 0) is 31.7 Å². The van der Waals surface area contributed by atoms with Crippen LogP contribution in [0.25, 0.3) is 0 Å². The Bertz CT molecular complexity index is 1550. The number of phosphoric acid groups is 1. The lowest BCUT2D eigenvalue weighted by atomic mass is 9.99. The van der Waals surface area contributed by atoms with Crippen LogP contribution in [0.4, 0.5) is 15.3 Å². The second-order valence-electron chi connectivity index (χ2n) is 13.6. The zero-order valence-electron chi connectivity index (χ0n) is 29.3. The number of fused-ring (bicyclic) bond motifs is 1. The molecule has 0 unspecified atom stereocenters. The maximum absolute atomic E-state index is 14.0. The van der Waals surface area contributed by atoms with Crippen LogP contribution in [0.2, 0.25) is 0 Å². The first-order valence-electron chi connectivity index (χ1n) is 17.6. The number of hydrogen-bond donors (Lipinski definition) is 5. The van der Waals surface area contributed by atoms with E-state index < -0.39 is 20.0 Å². The molecule has 0 aliphatic carbocycles. The smallest absolute Gasteiger partial charge is 0.466 e. The Morgan fingerprint density at radius 2 is 1.47 bits per heavy atom. The lowest BCUT2D eigenvalue weighted by Gasteiger charge is -2.41. The summed E-state index contributed by atoms with van der Waals surface area (Å²) >= 11 is 0. The number of hydrogen-bond acceptors (Lipinski definition) is 8. The summed E-state index contributed by atoms with van der Waals surface area (Å²) in [7, 11) is -4.64. The minimum absolute atomic E-state index is 0.0199. The summed E-state index contributed by atoms with van der Waals surface area (Å²) in [6.07, 6.45) is 2.59. The molecule has 4 heterocycles. The van der Waals surface area contributed by atoms with E-state index in [1.54, 1.807) is 4.90 Å². The number of likely N-dealkylation sites (tertiary alicyclic amines) is 2. The highest BCUT2D eigenvalue weighted by Crippen LogP contribution is 2.28. The number of phenols is 1. The number of nitrogens with zero attached hydrogens (tertiary/aromatic N) is 4. The van der Waals surface area contributed by atoms with E-state index in [2.05, 4.69) is 10.2 Å². The molecule has 6 rings (SSSR count). The first kappa shape index (κ1) is 38.5. The number of aromatic hydroxyl groups is 1. The van der Waals surface area contributed by atoms with Crippen molar-refractivity contribution in [2.45, 2.75) is 70.6 Å². The topological polar surface area (TPSA) is 193 Å². The highest BCUT2D eigenvalue weighted by Gasteiger charge is 2.36. The van der Waals surface area contributed by atoms with E-state index in [1.165, 1.54) is 0 Å².